The maximum atomic E-state index is 12.4. The number of carbonyl (C=O) groups is 2. The highest BCUT2D eigenvalue weighted by atomic mass is 35.5. The molecule has 0 saturated carbocycles. The summed E-state index contributed by atoms with van der Waals surface area (Å²) in [6, 6.07) is 0. The molecule has 0 spiro atoms. The minimum absolute atomic E-state index is 0. The molecular weight excluding hydrogens is 292 g/mol. The van der Waals surface area contributed by atoms with Gasteiger partial charge in [-0.3, -0.25) is 9.59 Å². The maximum absolute atomic E-state index is 12.4. The summed E-state index contributed by atoms with van der Waals surface area (Å²) >= 11 is 0. The maximum Gasteiger partial charge on any atom is 0.325 e. The van der Waals surface area contributed by atoms with Gasteiger partial charge in [0.15, 0.2) is 0 Å². The van der Waals surface area contributed by atoms with E-state index in [4.69, 9.17) is 4.74 Å². The molecule has 5 nitrogen and oxygen atoms in total. The summed E-state index contributed by atoms with van der Waals surface area (Å²) < 4.78 is 4.95. The lowest BCUT2D eigenvalue weighted by molar-refractivity contribution is -0.149. The Bertz CT molecular complexity index is 318. The van der Waals surface area contributed by atoms with Crippen LogP contribution in [0.15, 0.2) is 0 Å². The molecule has 0 aromatic rings. The molecule has 0 aromatic carbocycles. The second-order valence-corrected chi connectivity index (χ2v) is 5.87. The van der Waals surface area contributed by atoms with Crippen LogP contribution < -0.4 is 5.32 Å². The predicted octanol–water partition coefficient (Wildman–Crippen LogP) is 1.85. The summed E-state index contributed by atoms with van der Waals surface area (Å²) in [5, 5.41) is 3.30. The van der Waals surface area contributed by atoms with Crippen LogP contribution in [-0.2, 0) is 14.3 Å². The van der Waals surface area contributed by atoms with Gasteiger partial charge in [0.25, 0.3) is 0 Å². The Morgan fingerprint density at radius 1 is 1.29 bits per heavy atom. The van der Waals surface area contributed by atoms with Gasteiger partial charge >= 0.3 is 5.97 Å². The van der Waals surface area contributed by atoms with E-state index in [-0.39, 0.29) is 30.8 Å². The average molecular weight is 321 g/mol. The fraction of sp³-hybridized carbons (Fsp3) is 0.867. The number of piperidine rings is 1. The zero-order chi connectivity index (χ0) is 15.0. The van der Waals surface area contributed by atoms with Crippen molar-refractivity contribution in [3.05, 3.63) is 0 Å². The predicted molar refractivity (Wildman–Crippen MR) is 85.5 cm³/mol. The molecule has 1 aliphatic rings. The van der Waals surface area contributed by atoms with E-state index in [9.17, 15) is 9.59 Å². The van der Waals surface area contributed by atoms with Crippen LogP contribution in [0.2, 0.25) is 0 Å². The number of hydrogen-bond donors (Lipinski definition) is 1. The van der Waals surface area contributed by atoms with Crippen molar-refractivity contribution in [1.29, 1.82) is 0 Å². The summed E-state index contributed by atoms with van der Waals surface area (Å²) in [6.07, 6.45) is 2.63. The fourth-order valence-corrected chi connectivity index (χ4v) is 2.52. The van der Waals surface area contributed by atoms with Gasteiger partial charge in [-0.2, -0.15) is 0 Å². The van der Waals surface area contributed by atoms with E-state index >= 15 is 0 Å². The number of rotatable bonds is 7. The first kappa shape index (κ1) is 20.2. The minimum atomic E-state index is -0.313. The van der Waals surface area contributed by atoms with Gasteiger partial charge < -0.3 is 15.0 Å². The van der Waals surface area contributed by atoms with Crippen molar-refractivity contribution in [1.82, 2.24) is 10.2 Å². The number of nitrogens with one attached hydrogen (secondary N) is 1. The molecule has 1 rings (SSSR count). The van der Waals surface area contributed by atoms with Crippen molar-refractivity contribution in [2.75, 3.05) is 32.8 Å². The van der Waals surface area contributed by atoms with Crippen LogP contribution in [-0.4, -0.2) is 49.6 Å². The zero-order valence-electron chi connectivity index (χ0n) is 13.4. The lowest BCUT2D eigenvalue weighted by Crippen LogP contribution is -2.40. The fourth-order valence-electron chi connectivity index (χ4n) is 2.52. The quantitative estimate of drug-likeness (QED) is 0.727. The first-order valence-electron chi connectivity index (χ1n) is 7.67. The SMILES string of the molecule is CCOC(=O)CN(CC(C)C)C(=O)CC1CCNCC1.Cl. The highest BCUT2D eigenvalue weighted by Crippen LogP contribution is 2.17. The third-order valence-corrected chi connectivity index (χ3v) is 3.49. The van der Waals surface area contributed by atoms with Crippen LogP contribution in [0, 0.1) is 11.8 Å². The van der Waals surface area contributed by atoms with Gasteiger partial charge in [-0.05, 0) is 44.7 Å². The molecule has 0 bridgehead atoms. The first-order valence-corrected chi connectivity index (χ1v) is 7.67. The van der Waals surface area contributed by atoms with Crippen LogP contribution >= 0.6 is 12.4 Å². The Balaban J connectivity index is 0.00000400. The van der Waals surface area contributed by atoms with E-state index in [1.165, 1.54) is 0 Å². The highest BCUT2D eigenvalue weighted by Gasteiger charge is 2.23. The van der Waals surface area contributed by atoms with Gasteiger partial charge in [0.2, 0.25) is 5.91 Å². The molecule has 0 aromatic heterocycles. The molecular formula is C15H29ClN2O3. The first-order chi connectivity index (χ1) is 9.52. The van der Waals surface area contributed by atoms with Gasteiger partial charge in [-0.15, -0.1) is 12.4 Å². The van der Waals surface area contributed by atoms with Crippen molar-refractivity contribution >= 4 is 24.3 Å². The van der Waals surface area contributed by atoms with Crippen LogP contribution in [0.25, 0.3) is 0 Å². The molecule has 1 fully saturated rings. The Labute approximate surface area is 134 Å². The van der Waals surface area contributed by atoms with E-state index in [0.717, 1.165) is 25.9 Å². The van der Waals surface area contributed by atoms with E-state index in [2.05, 4.69) is 19.2 Å². The zero-order valence-corrected chi connectivity index (χ0v) is 14.2. The molecule has 0 radical (unpaired) electrons. The monoisotopic (exact) mass is 320 g/mol. The van der Waals surface area contributed by atoms with Crippen LogP contribution in [0.3, 0.4) is 0 Å². The van der Waals surface area contributed by atoms with E-state index in [1.807, 2.05) is 0 Å². The number of amides is 1. The Morgan fingerprint density at radius 3 is 2.43 bits per heavy atom. The summed E-state index contributed by atoms with van der Waals surface area (Å²) in [6.45, 7) is 8.91. The number of nitrogens with zero attached hydrogens (tertiary/aromatic N) is 1. The molecule has 1 aliphatic heterocycles. The van der Waals surface area contributed by atoms with Gasteiger partial charge in [-0.1, -0.05) is 13.8 Å². The van der Waals surface area contributed by atoms with Gasteiger partial charge in [0, 0.05) is 13.0 Å². The highest BCUT2D eigenvalue weighted by molar-refractivity contribution is 5.85. The number of esters is 1. The Morgan fingerprint density at radius 2 is 1.90 bits per heavy atom. The van der Waals surface area contributed by atoms with Crippen molar-refractivity contribution in [2.45, 2.75) is 40.0 Å². The topological polar surface area (TPSA) is 58.6 Å². The van der Waals surface area contributed by atoms with Crippen LogP contribution in [0.5, 0.6) is 0 Å². The summed E-state index contributed by atoms with van der Waals surface area (Å²) in [4.78, 5) is 25.6. The molecule has 0 unspecified atom stereocenters. The van der Waals surface area contributed by atoms with E-state index < -0.39 is 0 Å². The average Bonchev–Trinajstić information content (AvgIpc) is 2.39. The van der Waals surface area contributed by atoms with Crippen molar-refractivity contribution in [2.24, 2.45) is 11.8 Å². The molecule has 6 heteroatoms. The standard InChI is InChI=1S/C15H28N2O3.ClH/c1-4-20-15(19)11-17(10-12(2)3)14(18)9-13-5-7-16-8-6-13;/h12-13,16H,4-11H2,1-3H3;1H. The van der Waals surface area contributed by atoms with Gasteiger partial charge in [0.1, 0.15) is 6.54 Å². The number of halogens is 1. The third kappa shape index (κ3) is 8.27. The largest absolute Gasteiger partial charge is 0.465 e. The van der Waals surface area contributed by atoms with E-state index in [0.29, 0.717) is 31.4 Å². The molecule has 1 N–H and O–H groups in total. The summed E-state index contributed by atoms with van der Waals surface area (Å²) in [5.74, 6) is 0.562. The van der Waals surface area contributed by atoms with Crippen molar-refractivity contribution in [3.63, 3.8) is 0 Å². The number of hydrogen-bond acceptors (Lipinski definition) is 4. The minimum Gasteiger partial charge on any atom is -0.465 e. The molecule has 0 atom stereocenters. The van der Waals surface area contributed by atoms with Crippen molar-refractivity contribution < 1.29 is 14.3 Å². The summed E-state index contributed by atoms with van der Waals surface area (Å²) in [5.41, 5.74) is 0. The second kappa shape index (κ2) is 10.9. The molecule has 0 aliphatic carbocycles. The Kier molecular flexibility index (Phi) is 10.4. The molecule has 124 valence electrons. The molecule has 1 heterocycles. The molecule has 1 amide bonds. The van der Waals surface area contributed by atoms with Crippen LogP contribution in [0.1, 0.15) is 40.0 Å². The lowest BCUT2D eigenvalue weighted by atomic mass is 9.94. The van der Waals surface area contributed by atoms with Crippen molar-refractivity contribution in [3.8, 4) is 0 Å². The Hall–Kier alpha value is -0.810. The van der Waals surface area contributed by atoms with Gasteiger partial charge in [-0.25, -0.2) is 0 Å². The van der Waals surface area contributed by atoms with E-state index in [1.54, 1.807) is 11.8 Å². The number of carbonyl (C=O) groups excluding carboxylic acids is 2. The normalized spacial score (nSPS) is 15.4. The van der Waals surface area contributed by atoms with Crippen LogP contribution in [0.4, 0.5) is 0 Å². The van der Waals surface area contributed by atoms with Gasteiger partial charge in [0.05, 0.1) is 6.61 Å². The smallest absolute Gasteiger partial charge is 0.325 e. The molecule has 1 saturated heterocycles. The molecule has 21 heavy (non-hydrogen) atoms. The summed E-state index contributed by atoms with van der Waals surface area (Å²) in [7, 11) is 0. The lowest BCUT2D eigenvalue weighted by Gasteiger charge is -2.27. The number of ether oxygens (including phenoxy) is 1. The third-order valence-electron chi connectivity index (χ3n) is 3.49. The second-order valence-electron chi connectivity index (χ2n) is 5.87.